The Hall–Kier alpha value is -1.93. The number of hydrogen-bond acceptors (Lipinski definition) is 7. The van der Waals surface area contributed by atoms with Gasteiger partial charge in [0.2, 0.25) is 0 Å². The van der Waals surface area contributed by atoms with Crippen LogP contribution in [0.1, 0.15) is 43.0 Å². The quantitative estimate of drug-likeness (QED) is 0.351. The first-order valence-corrected chi connectivity index (χ1v) is 10.4. The summed E-state index contributed by atoms with van der Waals surface area (Å²) in [4.78, 5) is 38.1. The molecular weight excluding hydrogens is 370 g/mol. The van der Waals surface area contributed by atoms with Crippen LogP contribution < -0.4 is 5.56 Å². The molecule has 138 valence electrons. The Bertz CT molecular complexity index is 874. The second-order valence-corrected chi connectivity index (χ2v) is 8.12. The highest BCUT2D eigenvalue weighted by Crippen LogP contribution is 2.42. The van der Waals surface area contributed by atoms with Gasteiger partial charge in [-0.25, -0.2) is 9.98 Å². The van der Waals surface area contributed by atoms with Crippen molar-refractivity contribution in [1.82, 2.24) is 9.97 Å². The molecule has 0 amide bonds. The van der Waals surface area contributed by atoms with Crippen LogP contribution in [0, 0.1) is 5.92 Å². The van der Waals surface area contributed by atoms with E-state index in [9.17, 15) is 9.59 Å². The molecule has 0 radical (unpaired) electrons. The Morgan fingerprint density at radius 3 is 2.92 bits per heavy atom. The molecule has 1 aliphatic heterocycles. The molecule has 2 aromatic rings. The van der Waals surface area contributed by atoms with Crippen LogP contribution in [0.2, 0.25) is 0 Å². The number of esters is 1. The number of ether oxygens (including phenoxy) is 1. The zero-order valence-electron chi connectivity index (χ0n) is 14.9. The van der Waals surface area contributed by atoms with Crippen molar-refractivity contribution in [2.45, 2.75) is 37.8 Å². The lowest BCUT2D eigenvalue weighted by Crippen LogP contribution is -2.36. The lowest BCUT2D eigenvalue weighted by atomic mass is 9.80. The Balaban J connectivity index is 2.10. The lowest BCUT2D eigenvalue weighted by Gasteiger charge is -2.28. The van der Waals surface area contributed by atoms with E-state index in [-0.39, 0.29) is 5.56 Å². The van der Waals surface area contributed by atoms with Gasteiger partial charge >= 0.3 is 5.97 Å². The largest absolute Gasteiger partial charge is 0.468 e. The van der Waals surface area contributed by atoms with Gasteiger partial charge in [-0.2, -0.15) is 0 Å². The standard InChI is InChI=1S/C18H21N3O3S2/c1-4-5-8-26-18-20-15-14(16(22)21-18)13(11-7-6-9-25-11)12(10(2)19-15)17(23)24-3/h6-7,9,12-13H,4-5,8H2,1-3H3,(H,20,21,22). The van der Waals surface area contributed by atoms with Gasteiger partial charge in [-0.15, -0.1) is 11.3 Å². The molecule has 0 saturated heterocycles. The number of hydrogen-bond donors (Lipinski definition) is 1. The number of nitrogens with one attached hydrogen (secondary N) is 1. The molecule has 0 aliphatic carbocycles. The maximum Gasteiger partial charge on any atom is 0.315 e. The molecule has 8 heteroatoms. The van der Waals surface area contributed by atoms with E-state index in [1.807, 2.05) is 17.5 Å². The minimum atomic E-state index is -0.618. The predicted octanol–water partition coefficient (Wildman–Crippen LogP) is 3.75. The normalized spacial score (nSPS) is 19.0. The highest BCUT2D eigenvalue weighted by Gasteiger charge is 2.41. The number of methoxy groups -OCH3 is 1. The number of fused-ring (bicyclic) bond motifs is 1. The number of H-pyrrole nitrogens is 1. The molecule has 6 nitrogen and oxygen atoms in total. The first-order valence-electron chi connectivity index (χ1n) is 8.50. The zero-order valence-corrected chi connectivity index (χ0v) is 16.6. The van der Waals surface area contributed by atoms with E-state index in [0.717, 1.165) is 23.5 Å². The van der Waals surface area contributed by atoms with Gasteiger partial charge in [0.15, 0.2) is 11.0 Å². The molecule has 0 spiro atoms. The number of unbranched alkanes of at least 4 members (excludes halogenated alkanes) is 1. The molecule has 1 N–H and O–H groups in total. The fourth-order valence-corrected chi connectivity index (χ4v) is 4.86. The lowest BCUT2D eigenvalue weighted by molar-refractivity contribution is -0.143. The van der Waals surface area contributed by atoms with Gasteiger partial charge in [0.1, 0.15) is 5.92 Å². The van der Waals surface area contributed by atoms with Crippen LogP contribution in [0.3, 0.4) is 0 Å². The number of nitrogens with zero attached hydrogens (tertiary/aromatic N) is 2. The number of carbonyl (C=O) groups is 1. The van der Waals surface area contributed by atoms with Crippen molar-refractivity contribution in [2.75, 3.05) is 12.9 Å². The van der Waals surface area contributed by atoms with Crippen molar-refractivity contribution < 1.29 is 9.53 Å². The highest BCUT2D eigenvalue weighted by molar-refractivity contribution is 7.99. The van der Waals surface area contributed by atoms with E-state index in [1.54, 1.807) is 6.92 Å². The van der Waals surface area contributed by atoms with Crippen molar-refractivity contribution in [3.63, 3.8) is 0 Å². The summed E-state index contributed by atoms with van der Waals surface area (Å²) in [5.74, 6) is -0.145. The number of carbonyl (C=O) groups excluding carboxylic acids is 1. The van der Waals surface area contributed by atoms with Crippen LogP contribution >= 0.6 is 23.1 Å². The molecule has 1 aliphatic rings. The van der Waals surface area contributed by atoms with Gasteiger partial charge in [-0.05, 0) is 24.8 Å². The van der Waals surface area contributed by atoms with Crippen LogP contribution in [-0.2, 0) is 9.53 Å². The third-order valence-electron chi connectivity index (χ3n) is 4.33. The van der Waals surface area contributed by atoms with Crippen LogP contribution in [0.4, 0.5) is 5.82 Å². The van der Waals surface area contributed by atoms with Crippen LogP contribution in [-0.4, -0.2) is 34.5 Å². The van der Waals surface area contributed by atoms with Crippen molar-refractivity contribution in [2.24, 2.45) is 10.9 Å². The average Bonchev–Trinajstić information content (AvgIpc) is 3.14. The maximum absolute atomic E-state index is 12.9. The summed E-state index contributed by atoms with van der Waals surface area (Å²) in [6.07, 6.45) is 2.14. The molecule has 0 fully saturated rings. The topological polar surface area (TPSA) is 84.4 Å². The molecule has 2 aromatic heterocycles. The van der Waals surface area contributed by atoms with Crippen LogP contribution in [0.5, 0.6) is 0 Å². The number of aromatic nitrogens is 2. The first-order chi connectivity index (χ1) is 12.6. The predicted molar refractivity (Wildman–Crippen MR) is 105 cm³/mol. The van der Waals surface area contributed by atoms with Gasteiger partial charge < -0.3 is 9.72 Å². The average molecular weight is 392 g/mol. The fraction of sp³-hybridized carbons (Fsp3) is 0.444. The number of thioether (sulfide) groups is 1. The monoisotopic (exact) mass is 391 g/mol. The summed E-state index contributed by atoms with van der Waals surface area (Å²) in [7, 11) is 1.35. The summed E-state index contributed by atoms with van der Waals surface area (Å²) in [5.41, 5.74) is 0.816. The molecular formula is C18H21N3O3S2. The van der Waals surface area contributed by atoms with Gasteiger partial charge in [0, 0.05) is 22.3 Å². The number of thiophene rings is 1. The van der Waals surface area contributed by atoms with Gasteiger partial charge in [0.05, 0.1) is 12.7 Å². The first kappa shape index (κ1) is 18.8. The van der Waals surface area contributed by atoms with E-state index < -0.39 is 17.8 Å². The van der Waals surface area contributed by atoms with Gasteiger partial charge in [0.25, 0.3) is 5.56 Å². The summed E-state index contributed by atoms with van der Waals surface area (Å²) in [6, 6.07) is 3.84. The van der Waals surface area contributed by atoms with E-state index in [1.165, 1.54) is 30.2 Å². The molecule has 3 rings (SSSR count). The SMILES string of the molecule is CCCCSc1nc2c(c(=O)[nH]1)C(c1cccs1)C(C(=O)OC)C(C)=N2. The third kappa shape index (κ3) is 3.61. The summed E-state index contributed by atoms with van der Waals surface area (Å²) in [6.45, 7) is 3.91. The number of aromatic amines is 1. The van der Waals surface area contributed by atoms with Crippen LogP contribution in [0.25, 0.3) is 0 Å². The molecule has 26 heavy (non-hydrogen) atoms. The van der Waals surface area contributed by atoms with Crippen molar-refractivity contribution in [1.29, 1.82) is 0 Å². The third-order valence-corrected chi connectivity index (χ3v) is 6.25. The number of aliphatic imine (C=N–C) groups is 1. The summed E-state index contributed by atoms with van der Waals surface area (Å²) >= 11 is 3.03. The number of rotatable bonds is 6. The minimum Gasteiger partial charge on any atom is -0.468 e. The Morgan fingerprint density at radius 1 is 1.46 bits per heavy atom. The van der Waals surface area contributed by atoms with E-state index in [4.69, 9.17) is 4.74 Å². The molecule has 0 aromatic carbocycles. The molecule has 3 heterocycles. The van der Waals surface area contributed by atoms with Crippen molar-refractivity contribution >= 4 is 40.6 Å². The summed E-state index contributed by atoms with van der Waals surface area (Å²) < 4.78 is 4.98. The Labute approximate surface area is 160 Å². The Kier molecular flexibility index (Phi) is 5.93. The molecule has 0 bridgehead atoms. The highest BCUT2D eigenvalue weighted by atomic mass is 32.2. The second kappa shape index (κ2) is 8.18. The van der Waals surface area contributed by atoms with E-state index >= 15 is 0 Å². The molecule has 2 unspecified atom stereocenters. The molecule has 2 atom stereocenters. The van der Waals surface area contributed by atoms with Gasteiger partial charge in [-0.1, -0.05) is 31.2 Å². The fourth-order valence-electron chi connectivity index (χ4n) is 3.05. The summed E-state index contributed by atoms with van der Waals surface area (Å²) in [5, 5.41) is 2.50. The van der Waals surface area contributed by atoms with Crippen molar-refractivity contribution in [3.05, 3.63) is 38.3 Å². The van der Waals surface area contributed by atoms with E-state index in [2.05, 4.69) is 21.9 Å². The maximum atomic E-state index is 12.9. The second-order valence-electron chi connectivity index (χ2n) is 6.06. The van der Waals surface area contributed by atoms with Crippen molar-refractivity contribution in [3.8, 4) is 0 Å². The molecule has 0 saturated carbocycles. The zero-order chi connectivity index (χ0) is 18.7. The van der Waals surface area contributed by atoms with E-state index in [0.29, 0.717) is 22.2 Å². The minimum absolute atomic E-state index is 0.238. The van der Waals surface area contributed by atoms with Crippen LogP contribution in [0.15, 0.2) is 32.5 Å². The van der Waals surface area contributed by atoms with Gasteiger partial charge in [-0.3, -0.25) is 9.59 Å². The smallest absolute Gasteiger partial charge is 0.315 e. The Morgan fingerprint density at radius 2 is 2.27 bits per heavy atom.